The van der Waals surface area contributed by atoms with Gasteiger partial charge in [0, 0.05) is 18.9 Å². The first-order chi connectivity index (χ1) is 12.1. The molecule has 2 aliphatic rings. The molecule has 0 aliphatic heterocycles. The summed E-state index contributed by atoms with van der Waals surface area (Å²) in [4.78, 5) is 0. The summed E-state index contributed by atoms with van der Waals surface area (Å²) in [6, 6.07) is 0. The van der Waals surface area contributed by atoms with Crippen LogP contribution in [0, 0.1) is 23.7 Å². The lowest BCUT2D eigenvalue weighted by atomic mass is 9.69. The minimum absolute atomic E-state index is 0.268. The fraction of sp³-hybridized carbons (Fsp3) is 1.00. The fourth-order valence-electron chi connectivity index (χ4n) is 4.62. The third-order valence-corrected chi connectivity index (χ3v) is 6.39. The first-order valence-corrected chi connectivity index (χ1v) is 8.40. The van der Waals surface area contributed by atoms with E-state index in [1.165, 1.54) is 13.8 Å². The molecule has 2 bridgehead atoms. The molecule has 0 amide bonds. The third-order valence-electron chi connectivity index (χ3n) is 6.39. The molecule has 0 saturated heterocycles. The zero-order valence-electron chi connectivity index (χ0n) is 14.9. The fourth-order valence-corrected chi connectivity index (χ4v) is 4.62. The van der Waals surface area contributed by atoms with E-state index >= 15 is 4.39 Å². The molecule has 2 nitrogen and oxygen atoms in total. The largest absolute Gasteiger partial charge is 0.426 e. The Bertz CT molecular complexity index is 531. The molecule has 0 heterocycles. The molecule has 2 fully saturated rings. The molecule has 5 unspecified atom stereocenters. The molecule has 0 spiro atoms. The van der Waals surface area contributed by atoms with E-state index in [1.54, 1.807) is 0 Å². The third kappa shape index (κ3) is 3.12. The van der Waals surface area contributed by atoms with Gasteiger partial charge in [-0.2, -0.15) is 26.3 Å². The van der Waals surface area contributed by atoms with Gasteiger partial charge in [0.05, 0.1) is 0 Å². The minimum Gasteiger partial charge on any atom is -0.359 e. The van der Waals surface area contributed by atoms with Gasteiger partial charge in [0.15, 0.2) is 5.67 Å². The Kier molecular flexibility index (Phi) is 5.58. The van der Waals surface area contributed by atoms with Crippen LogP contribution in [0.5, 0.6) is 0 Å². The molecule has 0 aromatic carbocycles. The van der Waals surface area contributed by atoms with Crippen LogP contribution < -0.4 is 0 Å². The maximum absolute atomic E-state index is 15.3. The highest BCUT2D eigenvalue weighted by Crippen LogP contribution is 2.67. The molecule has 2 rings (SSSR count). The molecule has 0 N–H and O–H groups in total. The average Bonchev–Trinajstić information content (AvgIpc) is 2.90. The highest BCUT2D eigenvalue weighted by atomic mass is 19.4. The lowest BCUT2D eigenvalue weighted by Gasteiger charge is -2.45. The quantitative estimate of drug-likeness (QED) is 0.420. The van der Waals surface area contributed by atoms with Crippen molar-refractivity contribution < 1.29 is 49.0 Å². The van der Waals surface area contributed by atoms with E-state index in [0.29, 0.717) is 0 Å². The molecule has 0 aromatic heterocycles. The highest BCUT2D eigenvalue weighted by Gasteiger charge is 2.77. The maximum atomic E-state index is 15.3. The van der Waals surface area contributed by atoms with Crippen molar-refractivity contribution >= 4 is 0 Å². The van der Waals surface area contributed by atoms with Crippen molar-refractivity contribution in [1.82, 2.24) is 0 Å². The first kappa shape index (κ1) is 22.6. The van der Waals surface area contributed by atoms with Gasteiger partial charge >= 0.3 is 12.4 Å². The number of fused-ring (bicyclic) bond motifs is 2. The predicted molar refractivity (Wildman–Crippen MR) is 75.7 cm³/mol. The van der Waals surface area contributed by atoms with Gasteiger partial charge in [0.2, 0.25) is 0 Å². The molecular weight excluding hydrogens is 395 g/mol. The molecule has 11 heteroatoms. The van der Waals surface area contributed by atoms with E-state index in [1.807, 2.05) is 0 Å². The van der Waals surface area contributed by atoms with E-state index in [0.717, 1.165) is 7.11 Å². The van der Waals surface area contributed by atoms with Gasteiger partial charge in [-0.1, -0.05) is 13.8 Å². The number of rotatable bonds is 6. The first-order valence-electron chi connectivity index (χ1n) is 8.40. The molecule has 0 radical (unpaired) electrons. The van der Waals surface area contributed by atoms with Crippen LogP contribution in [0.25, 0.3) is 0 Å². The zero-order valence-corrected chi connectivity index (χ0v) is 14.9. The second kappa shape index (κ2) is 6.67. The number of methoxy groups -OCH3 is 1. The average molecular weight is 416 g/mol. The summed E-state index contributed by atoms with van der Waals surface area (Å²) in [6.07, 6.45) is -15.9. The van der Waals surface area contributed by atoms with Gasteiger partial charge in [-0.05, 0) is 31.1 Å². The number of ether oxygens (including phenoxy) is 2. The number of hydrogen-bond donors (Lipinski definition) is 0. The van der Waals surface area contributed by atoms with Crippen molar-refractivity contribution in [2.75, 3.05) is 13.9 Å². The Labute approximate surface area is 150 Å². The van der Waals surface area contributed by atoms with Crippen LogP contribution in [0.2, 0.25) is 0 Å². The van der Waals surface area contributed by atoms with Crippen LogP contribution >= 0.6 is 0 Å². The van der Waals surface area contributed by atoms with E-state index in [2.05, 4.69) is 9.47 Å². The summed E-state index contributed by atoms with van der Waals surface area (Å²) in [5.41, 5.74) is -8.25. The van der Waals surface area contributed by atoms with Gasteiger partial charge in [-0.25, -0.2) is 13.2 Å². The Balaban J connectivity index is 2.37. The summed E-state index contributed by atoms with van der Waals surface area (Å²) in [7, 11) is 0.807. The van der Waals surface area contributed by atoms with Gasteiger partial charge in [-0.15, -0.1) is 0 Å². The summed E-state index contributed by atoms with van der Waals surface area (Å²) in [6.45, 7) is 1.59. The van der Waals surface area contributed by atoms with Crippen molar-refractivity contribution in [3.8, 4) is 0 Å². The zero-order chi connectivity index (χ0) is 21.1. The van der Waals surface area contributed by atoms with E-state index in [4.69, 9.17) is 0 Å². The van der Waals surface area contributed by atoms with Crippen LogP contribution in [0.15, 0.2) is 0 Å². The Morgan fingerprint density at radius 1 is 0.889 bits per heavy atom. The minimum atomic E-state index is -5.99. The van der Waals surface area contributed by atoms with Gasteiger partial charge in [0.1, 0.15) is 6.79 Å². The number of hydrogen-bond acceptors (Lipinski definition) is 2. The maximum Gasteiger partial charge on any atom is 0.426 e. The molecule has 0 aromatic rings. The van der Waals surface area contributed by atoms with Crippen LogP contribution in [0.4, 0.5) is 39.5 Å². The molecule has 27 heavy (non-hydrogen) atoms. The van der Waals surface area contributed by atoms with Crippen molar-refractivity contribution in [2.24, 2.45) is 23.7 Å². The van der Waals surface area contributed by atoms with Crippen molar-refractivity contribution in [1.29, 1.82) is 0 Å². The SMILES string of the molecule is COCOC(CCC1(F)C2CC(C(C)C2C)C1(F)F)(C(F)(F)F)C(F)(F)F. The predicted octanol–water partition coefficient (Wildman–Crippen LogP) is 5.52. The van der Waals surface area contributed by atoms with Crippen LogP contribution in [-0.4, -0.2) is 43.4 Å². The van der Waals surface area contributed by atoms with Gasteiger partial charge in [-0.3, -0.25) is 0 Å². The normalized spacial score (nSPS) is 36.4. The Morgan fingerprint density at radius 2 is 1.37 bits per heavy atom. The van der Waals surface area contributed by atoms with Crippen LogP contribution in [0.3, 0.4) is 0 Å². The second-order valence-corrected chi connectivity index (χ2v) is 7.53. The molecule has 2 aliphatic carbocycles. The van der Waals surface area contributed by atoms with E-state index < -0.39 is 72.9 Å². The van der Waals surface area contributed by atoms with Crippen molar-refractivity contribution in [2.45, 2.75) is 62.7 Å². The number of alkyl halides is 9. The van der Waals surface area contributed by atoms with Gasteiger partial charge < -0.3 is 9.47 Å². The summed E-state index contributed by atoms with van der Waals surface area (Å²) in [5.74, 6) is -7.88. The topological polar surface area (TPSA) is 18.5 Å². The summed E-state index contributed by atoms with van der Waals surface area (Å²) in [5, 5.41) is 0. The van der Waals surface area contributed by atoms with Crippen molar-refractivity contribution in [3.05, 3.63) is 0 Å². The molecule has 5 atom stereocenters. The molecular formula is C16H21F9O2. The Morgan fingerprint density at radius 3 is 1.78 bits per heavy atom. The van der Waals surface area contributed by atoms with Crippen LogP contribution in [-0.2, 0) is 9.47 Å². The smallest absolute Gasteiger partial charge is 0.359 e. The van der Waals surface area contributed by atoms with Gasteiger partial charge in [0.25, 0.3) is 11.5 Å². The molecule has 2 saturated carbocycles. The Hall–Kier alpha value is -0.710. The highest BCUT2D eigenvalue weighted by molar-refractivity contribution is 5.17. The number of halogens is 9. The lowest BCUT2D eigenvalue weighted by molar-refractivity contribution is -0.396. The summed E-state index contributed by atoms with van der Waals surface area (Å²) < 4.78 is 132. The second-order valence-electron chi connectivity index (χ2n) is 7.53. The lowest BCUT2D eigenvalue weighted by Crippen LogP contribution is -2.61. The molecule has 160 valence electrons. The van der Waals surface area contributed by atoms with Crippen LogP contribution in [0.1, 0.15) is 33.1 Å². The monoisotopic (exact) mass is 416 g/mol. The standard InChI is InChI=1S/C16H21F9O2/c1-8-9(2)11-6-10(8)12(17,14(11,18)19)4-5-13(15(20,21)22,16(23,24)25)27-7-26-3/h8-11H,4-7H2,1-3H3. The van der Waals surface area contributed by atoms with Crippen molar-refractivity contribution in [3.63, 3.8) is 0 Å². The summed E-state index contributed by atoms with van der Waals surface area (Å²) >= 11 is 0. The van der Waals surface area contributed by atoms with E-state index in [9.17, 15) is 35.1 Å². The van der Waals surface area contributed by atoms with E-state index in [-0.39, 0.29) is 6.42 Å².